The first-order valence-electron chi connectivity index (χ1n) is 12.7. The Morgan fingerprint density at radius 1 is 0.875 bits per heavy atom. The standard InChI is InChI=1S/C30H24ClN3O4S2/c1-16-3-11-20(12-4-16)32-22(35)15-33-29-26(40-30(33)38)23(18-7-9-19(31)10-8-18)24-25(39-29)28(37)34(27(24)36)21-13-5-17(2)6-14-21/h3-14,23-25H,15H2,1-2H3,(H,32,35)/t23-,24+,25-/m0/s1. The van der Waals surface area contributed by atoms with Crippen LogP contribution in [0.1, 0.15) is 27.5 Å². The van der Waals surface area contributed by atoms with Crippen LogP contribution in [0.25, 0.3) is 0 Å². The lowest BCUT2D eigenvalue weighted by atomic mass is 9.83. The number of rotatable bonds is 5. The SMILES string of the molecule is Cc1ccc(NC(=O)Cn2c3c(sc2=O)[C@@H](c2ccc(Cl)cc2)[C@H]2C(=O)N(c4ccc(C)cc4)C(=O)[C@H]2S3)cc1. The zero-order valence-electron chi connectivity index (χ0n) is 21.6. The average Bonchev–Trinajstić information content (AvgIpc) is 3.37. The molecule has 7 nitrogen and oxygen atoms in total. The van der Waals surface area contributed by atoms with Gasteiger partial charge >= 0.3 is 4.87 Å². The van der Waals surface area contributed by atoms with Crippen LogP contribution in [0, 0.1) is 19.8 Å². The normalized spacial score (nSPS) is 19.9. The van der Waals surface area contributed by atoms with Crippen LogP contribution >= 0.6 is 34.7 Å². The van der Waals surface area contributed by atoms with Gasteiger partial charge < -0.3 is 5.32 Å². The summed E-state index contributed by atoms with van der Waals surface area (Å²) in [6.07, 6.45) is 0. The Labute approximate surface area is 243 Å². The zero-order chi connectivity index (χ0) is 28.1. The largest absolute Gasteiger partial charge is 0.325 e. The van der Waals surface area contributed by atoms with E-state index in [2.05, 4.69) is 5.32 Å². The molecule has 1 aromatic heterocycles. The van der Waals surface area contributed by atoms with Crippen molar-refractivity contribution in [2.24, 2.45) is 5.92 Å². The number of nitrogens with zero attached hydrogens (tertiary/aromatic N) is 2. The number of halogens is 1. The lowest BCUT2D eigenvalue weighted by molar-refractivity contribution is -0.122. The molecule has 202 valence electrons. The van der Waals surface area contributed by atoms with Gasteiger partial charge in [-0.2, -0.15) is 0 Å². The number of hydrogen-bond acceptors (Lipinski definition) is 6. The van der Waals surface area contributed by atoms with E-state index in [4.69, 9.17) is 11.6 Å². The van der Waals surface area contributed by atoms with E-state index in [0.29, 0.717) is 26.3 Å². The molecule has 0 radical (unpaired) electrons. The number of fused-ring (bicyclic) bond motifs is 2. The quantitative estimate of drug-likeness (QED) is 0.306. The Bertz CT molecular complexity index is 1690. The van der Waals surface area contributed by atoms with Gasteiger partial charge in [-0.1, -0.05) is 82.2 Å². The van der Waals surface area contributed by atoms with E-state index in [1.807, 2.05) is 50.2 Å². The summed E-state index contributed by atoms with van der Waals surface area (Å²) in [6.45, 7) is 3.69. The third kappa shape index (κ3) is 4.68. The summed E-state index contributed by atoms with van der Waals surface area (Å²) in [5.41, 5.74) is 4.01. The maximum Gasteiger partial charge on any atom is 0.308 e. The lowest BCUT2D eigenvalue weighted by Gasteiger charge is -2.30. The monoisotopic (exact) mass is 589 g/mol. The van der Waals surface area contributed by atoms with Crippen LogP contribution < -0.4 is 15.1 Å². The van der Waals surface area contributed by atoms with Crippen LogP contribution in [-0.2, 0) is 20.9 Å². The van der Waals surface area contributed by atoms with Crippen LogP contribution in [0.15, 0.2) is 82.6 Å². The lowest BCUT2D eigenvalue weighted by Crippen LogP contribution is -2.33. The van der Waals surface area contributed by atoms with Crippen LogP contribution in [0.3, 0.4) is 0 Å². The van der Waals surface area contributed by atoms with Gasteiger partial charge in [0.15, 0.2) is 0 Å². The van der Waals surface area contributed by atoms with Crippen molar-refractivity contribution in [3.63, 3.8) is 0 Å². The molecule has 0 bridgehead atoms. The second-order valence-electron chi connectivity index (χ2n) is 9.98. The second-order valence-corrected chi connectivity index (χ2v) is 12.5. The molecule has 3 atom stereocenters. The number of anilines is 2. The summed E-state index contributed by atoms with van der Waals surface area (Å²) < 4.78 is 1.42. The van der Waals surface area contributed by atoms with Gasteiger partial charge in [0.1, 0.15) is 11.8 Å². The third-order valence-corrected chi connectivity index (χ3v) is 10.1. The average molecular weight is 590 g/mol. The first-order chi connectivity index (χ1) is 19.2. The Kier molecular flexibility index (Phi) is 6.90. The Balaban J connectivity index is 1.40. The minimum absolute atomic E-state index is 0.208. The highest BCUT2D eigenvalue weighted by atomic mass is 35.5. The zero-order valence-corrected chi connectivity index (χ0v) is 24.0. The first kappa shape index (κ1) is 26.6. The number of imide groups is 1. The second kappa shape index (κ2) is 10.4. The Morgan fingerprint density at radius 3 is 2.15 bits per heavy atom. The summed E-state index contributed by atoms with van der Waals surface area (Å²) in [5, 5.41) is 3.18. The molecule has 1 N–H and O–H groups in total. The summed E-state index contributed by atoms with van der Waals surface area (Å²) >= 11 is 8.37. The molecule has 6 rings (SSSR count). The minimum Gasteiger partial charge on any atom is -0.325 e. The molecule has 3 heterocycles. The molecule has 1 saturated heterocycles. The number of thioether (sulfide) groups is 1. The van der Waals surface area contributed by atoms with Crippen molar-refractivity contribution in [2.75, 3.05) is 10.2 Å². The number of aromatic nitrogens is 1. The number of aryl methyl sites for hydroxylation is 2. The van der Waals surface area contributed by atoms with Crippen LogP contribution in [0.4, 0.5) is 11.4 Å². The molecule has 40 heavy (non-hydrogen) atoms. The van der Waals surface area contributed by atoms with Crippen molar-refractivity contribution in [3.8, 4) is 0 Å². The Hall–Kier alpha value is -3.66. The highest BCUT2D eigenvalue weighted by molar-refractivity contribution is 8.00. The highest BCUT2D eigenvalue weighted by Gasteiger charge is 2.56. The van der Waals surface area contributed by atoms with Crippen molar-refractivity contribution in [3.05, 3.63) is 109 Å². The summed E-state index contributed by atoms with van der Waals surface area (Å²) in [4.78, 5) is 55.6. The molecular formula is C30H24ClN3O4S2. The van der Waals surface area contributed by atoms with Gasteiger partial charge in [0.25, 0.3) is 0 Å². The number of nitrogens with one attached hydrogen (secondary N) is 1. The molecule has 2 aliphatic rings. The molecule has 1 fully saturated rings. The Morgan fingerprint density at radius 2 is 1.50 bits per heavy atom. The predicted octanol–water partition coefficient (Wildman–Crippen LogP) is 5.61. The summed E-state index contributed by atoms with van der Waals surface area (Å²) in [7, 11) is 0. The number of hydrogen-bond donors (Lipinski definition) is 1. The topological polar surface area (TPSA) is 88.5 Å². The predicted molar refractivity (Wildman–Crippen MR) is 158 cm³/mol. The van der Waals surface area contributed by atoms with Crippen molar-refractivity contribution < 1.29 is 14.4 Å². The number of thiazole rings is 1. The van der Waals surface area contributed by atoms with E-state index in [1.54, 1.807) is 36.4 Å². The molecule has 0 spiro atoms. The maximum atomic E-state index is 13.9. The number of benzene rings is 3. The van der Waals surface area contributed by atoms with Gasteiger partial charge in [0, 0.05) is 21.5 Å². The van der Waals surface area contributed by atoms with E-state index < -0.39 is 17.1 Å². The molecule has 0 unspecified atom stereocenters. The van der Waals surface area contributed by atoms with Gasteiger partial charge in [-0.05, 0) is 55.8 Å². The maximum absolute atomic E-state index is 13.9. The summed E-state index contributed by atoms with van der Waals surface area (Å²) in [6, 6.07) is 21.8. The first-order valence-corrected chi connectivity index (χ1v) is 14.8. The van der Waals surface area contributed by atoms with E-state index in [-0.39, 0.29) is 29.1 Å². The van der Waals surface area contributed by atoms with Gasteiger partial charge in [-0.3, -0.25) is 23.7 Å². The third-order valence-electron chi connectivity index (χ3n) is 7.21. The molecule has 2 aliphatic heterocycles. The van der Waals surface area contributed by atoms with E-state index in [1.165, 1.54) is 21.2 Å². The minimum atomic E-state index is -0.748. The van der Waals surface area contributed by atoms with Gasteiger partial charge in [-0.15, -0.1) is 0 Å². The molecule has 0 saturated carbocycles. The van der Waals surface area contributed by atoms with E-state index in [9.17, 15) is 19.2 Å². The van der Waals surface area contributed by atoms with E-state index >= 15 is 0 Å². The smallest absolute Gasteiger partial charge is 0.308 e. The molecule has 3 amide bonds. The fourth-order valence-electron chi connectivity index (χ4n) is 5.21. The van der Waals surface area contributed by atoms with E-state index in [0.717, 1.165) is 28.0 Å². The molecule has 4 aromatic rings. The van der Waals surface area contributed by atoms with Gasteiger partial charge in [-0.25, -0.2) is 4.90 Å². The fraction of sp³-hybridized carbons (Fsp3) is 0.200. The number of carbonyl (C=O) groups is 3. The fourth-order valence-corrected chi connectivity index (χ4v) is 8.11. The van der Waals surface area contributed by atoms with Crippen molar-refractivity contribution in [1.29, 1.82) is 0 Å². The van der Waals surface area contributed by atoms with Crippen LogP contribution in [0.2, 0.25) is 5.02 Å². The molecule has 3 aromatic carbocycles. The molecule has 0 aliphatic carbocycles. The van der Waals surface area contributed by atoms with Crippen molar-refractivity contribution >= 4 is 63.8 Å². The molecular weight excluding hydrogens is 566 g/mol. The van der Waals surface area contributed by atoms with Crippen LogP contribution in [0.5, 0.6) is 0 Å². The van der Waals surface area contributed by atoms with Crippen molar-refractivity contribution in [1.82, 2.24) is 4.57 Å². The van der Waals surface area contributed by atoms with Crippen LogP contribution in [-0.4, -0.2) is 27.5 Å². The highest BCUT2D eigenvalue weighted by Crippen LogP contribution is 2.53. The van der Waals surface area contributed by atoms with Gasteiger partial charge in [0.2, 0.25) is 17.7 Å². The van der Waals surface area contributed by atoms with Crippen molar-refractivity contribution in [2.45, 2.75) is 36.6 Å². The number of amides is 3. The van der Waals surface area contributed by atoms with Gasteiger partial charge in [0.05, 0.1) is 16.6 Å². The molecule has 10 heteroatoms. The number of carbonyl (C=O) groups excluding carboxylic acids is 3. The summed E-state index contributed by atoms with van der Waals surface area (Å²) in [5.74, 6) is -2.23.